The molecule has 2 saturated heterocycles. The summed E-state index contributed by atoms with van der Waals surface area (Å²) in [7, 11) is 1.99. The van der Waals surface area contributed by atoms with Crippen molar-refractivity contribution >= 4 is 5.91 Å². The first kappa shape index (κ1) is 7.06. The summed E-state index contributed by atoms with van der Waals surface area (Å²) in [6.07, 6.45) is 0.940. The number of rotatable bonds is 0. The molecule has 0 bridgehead atoms. The maximum absolute atomic E-state index is 11.4. The van der Waals surface area contributed by atoms with E-state index in [1.54, 1.807) is 0 Å². The van der Waals surface area contributed by atoms with E-state index < -0.39 is 0 Å². The minimum absolute atomic E-state index is 0.185. The molecule has 2 aliphatic heterocycles. The Kier molecular flexibility index (Phi) is 1.40. The molecular formula is C7H13N3O. The second-order valence-electron chi connectivity index (χ2n) is 3.32. The Morgan fingerprint density at radius 1 is 1.64 bits per heavy atom. The fourth-order valence-electron chi connectivity index (χ4n) is 1.88. The molecule has 2 fully saturated rings. The van der Waals surface area contributed by atoms with Crippen LogP contribution in [0.25, 0.3) is 0 Å². The molecule has 4 heteroatoms. The van der Waals surface area contributed by atoms with E-state index in [1.165, 1.54) is 0 Å². The zero-order valence-electron chi connectivity index (χ0n) is 6.68. The maximum Gasteiger partial charge on any atom is 0.242 e. The molecule has 0 saturated carbocycles. The Labute approximate surface area is 65.9 Å². The van der Waals surface area contributed by atoms with Crippen LogP contribution >= 0.6 is 0 Å². The van der Waals surface area contributed by atoms with E-state index in [-0.39, 0.29) is 11.4 Å². The topological polar surface area (TPSA) is 44.4 Å². The summed E-state index contributed by atoms with van der Waals surface area (Å²) >= 11 is 0. The van der Waals surface area contributed by atoms with Gasteiger partial charge in [-0.05, 0) is 20.0 Å². The van der Waals surface area contributed by atoms with Gasteiger partial charge in [0.2, 0.25) is 5.91 Å². The average molecular weight is 155 g/mol. The molecule has 2 aliphatic rings. The van der Waals surface area contributed by atoms with Gasteiger partial charge in [-0.3, -0.25) is 9.69 Å². The molecule has 11 heavy (non-hydrogen) atoms. The SMILES string of the molecule is CN1CNC(=O)C12CCNC2. The molecule has 1 amide bonds. The summed E-state index contributed by atoms with van der Waals surface area (Å²) in [6, 6.07) is 0. The quantitative estimate of drug-likeness (QED) is 0.459. The van der Waals surface area contributed by atoms with E-state index in [1.807, 2.05) is 7.05 Å². The van der Waals surface area contributed by atoms with Crippen LogP contribution in [0.3, 0.4) is 0 Å². The second-order valence-corrected chi connectivity index (χ2v) is 3.32. The highest BCUT2D eigenvalue weighted by Crippen LogP contribution is 2.24. The number of nitrogens with zero attached hydrogens (tertiary/aromatic N) is 1. The summed E-state index contributed by atoms with van der Waals surface area (Å²) in [4.78, 5) is 13.5. The van der Waals surface area contributed by atoms with Crippen LogP contribution < -0.4 is 10.6 Å². The van der Waals surface area contributed by atoms with Gasteiger partial charge in [0.1, 0.15) is 5.54 Å². The van der Waals surface area contributed by atoms with Gasteiger partial charge in [0.25, 0.3) is 0 Å². The number of carbonyl (C=O) groups excluding carboxylic acids is 1. The fraction of sp³-hybridized carbons (Fsp3) is 0.857. The third kappa shape index (κ3) is 0.795. The monoisotopic (exact) mass is 155 g/mol. The van der Waals surface area contributed by atoms with Gasteiger partial charge in [-0.15, -0.1) is 0 Å². The van der Waals surface area contributed by atoms with Crippen molar-refractivity contribution in [3.05, 3.63) is 0 Å². The molecule has 1 spiro atoms. The number of carbonyl (C=O) groups is 1. The van der Waals surface area contributed by atoms with Crippen molar-refractivity contribution in [3.8, 4) is 0 Å². The van der Waals surface area contributed by atoms with Crippen LogP contribution in [-0.2, 0) is 4.79 Å². The van der Waals surface area contributed by atoms with Gasteiger partial charge in [-0.2, -0.15) is 0 Å². The Hall–Kier alpha value is -0.610. The minimum atomic E-state index is -0.222. The highest BCUT2D eigenvalue weighted by molar-refractivity contribution is 5.88. The van der Waals surface area contributed by atoms with Gasteiger partial charge in [0.05, 0.1) is 6.67 Å². The van der Waals surface area contributed by atoms with Crippen LogP contribution in [0.4, 0.5) is 0 Å². The summed E-state index contributed by atoms with van der Waals surface area (Å²) in [6.45, 7) is 2.45. The van der Waals surface area contributed by atoms with E-state index in [0.717, 1.165) is 19.5 Å². The summed E-state index contributed by atoms with van der Waals surface area (Å²) in [5.41, 5.74) is -0.222. The summed E-state index contributed by atoms with van der Waals surface area (Å²) in [5.74, 6) is 0.185. The lowest BCUT2D eigenvalue weighted by molar-refractivity contribution is -0.125. The Morgan fingerprint density at radius 3 is 2.91 bits per heavy atom. The number of nitrogens with one attached hydrogen (secondary N) is 2. The van der Waals surface area contributed by atoms with Crippen molar-refractivity contribution < 1.29 is 4.79 Å². The molecule has 1 atom stereocenters. The Morgan fingerprint density at radius 2 is 2.45 bits per heavy atom. The summed E-state index contributed by atoms with van der Waals surface area (Å²) in [5, 5.41) is 6.06. The fourth-order valence-corrected chi connectivity index (χ4v) is 1.88. The first-order valence-electron chi connectivity index (χ1n) is 3.96. The van der Waals surface area contributed by atoms with Crippen LogP contribution in [0.1, 0.15) is 6.42 Å². The van der Waals surface area contributed by atoms with Crippen molar-refractivity contribution in [2.45, 2.75) is 12.0 Å². The lowest BCUT2D eigenvalue weighted by Gasteiger charge is -2.26. The van der Waals surface area contributed by atoms with E-state index >= 15 is 0 Å². The predicted octanol–water partition coefficient (Wildman–Crippen LogP) is -1.26. The second kappa shape index (κ2) is 2.19. The molecule has 0 radical (unpaired) electrons. The van der Waals surface area contributed by atoms with E-state index in [9.17, 15) is 4.79 Å². The first-order valence-corrected chi connectivity index (χ1v) is 3.96. The standard InChI is InChI=1S/C7H13N3O/c1-10-5-9-6(11)7(10)2-3-8-4-7/h8H,2-5H2,1H3,(H,9,11). The first-order chi connectivity index (χ1) is 5.26. The van der Waals surface area contributed by atoms with Crippen LogP contribution in [0, 0.1) is 0 Å². The summed E-state index contributed by atoms with van der Waals surface area (Å²) < 4.78 is 0. The van der Waals surface area contributed by atoms with Crippen molar-refractivity contribution in [2.75, 3.05) is 26.8 Å². The molecule has 2 rings (SSSR count). The molecule has 0 aromatic heterocycles. The van der Waals surface area contributed by atoms with Crippen molar-refractivity contribution in [2.24, 2.45) is 0 Å². The predicted molar refractivity (Wildman–Crippen MR) is 41.0 cm³/mol. The number of hydrogen-bond acceptors (Lipinski definition) is 3. The van der Waals surface area contributed by atoms with E-state index in [2.05, 4.69) is 15.5 Å². The van der Waals surface area contributed by atoms with Crippen molar-refractivity contribution in [1.82, 2.24) is 15.5 Å². The highest BCUT2D eigenvalue weighted by atomic mass is 16.2. The molecule has 0 aromatic carbocycles. The number of amides is 1. The Bertz CT molecular complexity index is 186. The Balaban J connectivity index is 2.26. The van der Waals surface area contributed by atoms with Crippen molar-refractivity contribution in [3.63, 3.8) is 0 Å². The van der Waals surface area contributed by atoms with E-state index in [0.29, 0.717) is 6.67 Å². The van der Waals surface area contributed by atoms with Crippen LogP contribution in [-0.4, -0.2) is 43.2 Å². The number of likely N-dealkylation sites (N-methyl/N-ethyl adjacent to an activating group) is 1. The van der Waals surface area contributed by atoms with Crippen LogP contribution in [0.5, 0.6) is 0 Å². The van der Waals surface area contributed by atoms with Gasteiger partial charge >= 0.3 is 0 Å². The van der Waals surface area contributed by atoms with E-state index in [4.69, 9.17) is 0 Å². The molecular weight excluding hydrogens is 142 g/mol. The molecule has 0 aromatic rings. The number of hydrogen-bond donors (Lipinski definition) is 2. The smallest absolute Gasteiger partial charge is 0.242 e. The zero-order valence-corrected chi connectivity index (χ0v) is 6.68. The zero-order chi connectivity index (χ0) is 7.90. The largest absolute Gasteiger partial charge is 0.342 e. The third-order valence-electron chi connectivity index (χ3n) is 2.76. The maximum atomic E-state index is 11.4. The minimum Gasteiger partial charge on any atom is -0.342 e. The molecule has 1 unspecified atom stereocenters. The molecule has 2 N–H and O–H groups in total. The van der Waals surface area contributed by atoms with Crippen molar-refractivity contribution in [1.29, 1.82) is 0 Å². The molecule has 62 valence electrons. The van der Waals surface area contributed by atoms with Gasteiger partial charge in [0.15, 0.2) is 0 Å². The third-order valence-corrected chi connectivity index (χ3v) is 2.76. The van der Waals surface area contributed by atoms with Gasteiger partial charge in [-0.1, -0.05) is 0 Å². The van der Waals surface area contributed by atoms with Gasteiger partial charge in [-0.25, -0.2) is 0 Å². The highest BCUT2D eigenvalue weighted by Gasteiger charge is 2.48. The lowest BCUT2D eigenvalue weighted by Crippen LogP contribution is -2.48. The average Bonchev–Trinajstić information content (AvgIpc) is 2.56. The molecule has 0 aliphatic carbocycles. The molecule has 2 heterocycles. The normalized spacial score (nSPS) is 38.5. The van der Waals surface area contributed by atoms with Crippen LogP contribution in [0.2, 0.25) is 0 Å². The molecule has 4 nitrogen and oxygen atoms in total. The van der Waals surface area contributed by atoms with Crippen LogP contribution in [0.15, 0.2) is 0 Å². The lowest BCUT2D eigenvalue weighted by atomic mass is 9.98. The van der Waals surface area contributed by atoms with Gasteiger partial charge in [0, 0.05) is 6.54 Å². The van der Waals surface area contributed by atoms with Gasteiger partial charge < -0.3 is 10.6 Å².